The van der Waals surface area contributed by atoms with Crippen LogP contribution < -0.4 is 0 Å². The van der Waals surface area contributed by atoms with E-state index in [0.717, 1.165) is 18.2 Å². The molecule has 16 heavy (non-hydrogen) atoms. The van der Waals surface area contributed by atoms with E-state index in [-0.39, 0.29) is 5.56 Å². The zero-order valence-electron chi connectivity index (χ0n) is 7.44. The van der Waals surface area contributed by atoms with Crippen LogP contribution in [0, 0.1) is 0 Å². The number of hydrogen-bond acceptors (Lipinski definition) is 2. The van der Waals surface area contributed by atoms with Crippen molar-refractivity contribution in [3.63, 3.8) is 0 Å². The van der Waals surface area contributed by atoms with E-state index in [0.29, 0.717) is 0 Å². The summed E-state index contributed by atoms with van der Waals surface area (Å²) in [6.07, 6.45) is 0. The summed E-state index contributed by atoms with van der Waals surface area (Å²) in [5.41, 5.74) is -1.27. The van der Waals surface area contributed by atoms with Crippen molar-refractivity contribution in [1.29, 1.82) is 0 Å². The van der Waals surface area contributed by atoms with Crippen LogP contribution in [0.5, 0.6) is 0 Å². The zero-order chi connectivity index (χ0) is 12.5. The van der Waals surface area contributed by atoms with Crippen molar-refractivity contribution in [2.45, 2.75) is 3.79 Å². The topological polar surface area (TPSA) is 34.1 Å². The van der Waals surface area contributed by atoms with Crippen molar-refractivity contribution in [3.05, 3.63) is 34.9 Å². The Morgan fingerprint density at radius 3 is 1.56 bits per heavy atom. The van der Waals surface area contributed by atoms with Gasteiger partial charge in [0.15, 0.2) is 0 Å². The van der Waals surface area contributed by atoms with Crippen LogP contribution in [0.3, 0.4) is 0 Å². The number of hydrogen-bond donors (Lipinski definition) is 0. The third kappa shape index (κ3) is 3.14. The minimum absolute atomic E-state index is 0.165. The summed E-state index contributed by atoms with van der Waals surface area (Å²) < 4.78 is 22.9. The van der Waals surface area contributed by atoms with Crippen LogP contribution in [0.2, 0.25) is 0 Å². The number of rotatable bonds is 2. The standard InChI is InChI=1S/C9H3Cl3F2O2/c10-9(11,12)6-2-4(7(13)15)1-5(3-6)8(14)16/h1-3H. The van der Waals surface area contributed by atoms with E-state index in [4.69, 9.17) is 34.8 Å². The monoisotopic (exact) mass is 286 g/mol. The molecule has 0 bridgehead atoms. The number of benzene rings is 1. The molecule has 0 heterocycles. The summed E-state index contributed by atoms with van der Waals surface area (Å²) in [4.78, 5) is 20.9. The molecule has 0 N–H and O–H groups in total. The van der Waals surface area contributed by atoms with Gasteiger partial charge in [0.05, 0.1) is 11.1 Å². The lowest BCUT2D eigenvalue weighted by molar-refractivity contribution is 0.0834. The summed E-state index contributed by atoms with van der Waals surface area (Å²) >= 11 is 16.4. The Morgan fingerprint density at radius 1 is 0.938 bits per heavy atom. The zero-order valence-corrected chi connectivity index (χ0v) is 9.71. The van der Waals surface area contributed by atoms with Crippen molar-refractivity contribution >= 4 is 46.9 Å². The summed E-state index contributed by atoms with van der Waals surface area (Å²) in [5.74, 6) is 0. The molecule has 1 aromatic rings. The molecule has 0 saturated carbocycles. The molecule has 0 radical (unpaired) electrons. The normalized spacial score (nSPS) is 11.3. The number of alkyl halides is 3. The van der Waals surface area contributed by atoms with Gasteiger partial charge in [-0.05, 0) is 18.2 Å². The molecule has 2 nitrogen and oxygen atoms in total. The van der Waals surface area contributed by atoms with Gasteiger partial charge in [-0.15, -0.1) is 0 Å². The summed E-state index contributed by atoms with van der Waals surface area (Å²) in [6.45, 7) is 0. The predicted octanol–water partition coefficient (Wildman–Crippen LogP) is 3.73. The molecule has 1 rings (SSSR count). The second kappa shape index (κ2) is 4.65. The van der Waals surface area contributed by atoms with Crippen LogP contribution in [-0.2, 0) is 3.79 Å². The molecule has 0 atom stereocenters. The Morgan fingerprint density at radius 2 is 1.31 bits per heavy atom. The van der Waals surface area contributed by atoms with E-state index in [2.05, 4.69) is 0 Å². The Kier molecular flexibility index (Phi) is 3.88. The molecule has 0 aliphatic carbocycles. The van der Waals surface area contributed by atoms with Gasteiger partial charge in [0.1, 0.15) is 0 Å². The molecular formula is C9H3Cl3F2O2. The van der Waals surface area contributed by atoms with Crippen LogP contribution in [0.15, 0.2) is 18.2 Å². The van der Waals surface area contributed by atoms with Crippen LogP contribution in [-0.4, -0.2) is 12.1 Å². The lowest BCUT2D eigenvalue weighted by atomic mass is 10.1. The first-order chi connectivity index (χ1) is 7.21. The molecule has 86 valence electrons. The quantitative estimate of drug-likeness (QED) is 0.613. The third-order valence-corrected chi connectivity index (χ3v) is 2.37. The fourth-order valence-corrected chi connectivity index (χ4v) is 1.35. The molecule has 0 spiro atoms. The first-order valence-corrected chi connectivity index (χ1v) is 4.97. The molecule has 0 aromatic heterocycles. The van der Waals surface area contributed by atoms with Crippen LogP contribution in [0.25, 0.3) is 0 Å². The van der Waals surface area contributed by atoms with Crippen LogP contribution in [0.1, 0.15) is 26.3 Å². The summed E-state index contributed by atoms with van der Waals surface area (Å²) in [6, 6.07) is -1.09. The molecular weight excluding hydrogens is 284 g/mol. The van der Waals surface area contributed by atoms with Gasteiger partial charge < -0.3 is 0 Å². The first kappa shape index (κ1) is 13.4. The largest absolute Gasteiger partial charge is 0.332 e. The Labute approximate surface area is 104 Å². The maximum absolute atomic E-state index is 12.4. The van der Waals surface area contributed by atoms with Gasteiger partial charge in [-0.2, -0.15) is 8.78 Å². The second-order valence-electron chi connectivity index (χ2n) is 2.84. The highest BCUT2D eigenvalue weighted by atomic mass is 35.6. The van der Waals surface area contributed by atoms with E-state index >= 15 is 0 Å². The van der Waals surface area contributed by atoms with Crippen molar-refractivity contribution in [1.82, 2.24) is 0 Å². The van der Waals surface area contributed by atoms with E-state index in [1.54, 1.807) is 0 Å². The molecule has 0 aliphatic rings. The van der Waals surface area contributed by atoms with Gasteiger partial charge in [-0.25, -0.2) is 0 Å². The molecule has 7 heteroatoms. The highest BCUT2D eigenvalue weighted by Crippen LogP contribution is 2.39. The average Bonchev–Trinajstić information content (AvgIpc) is 2.15. The second-order valence-corrected chi connectivity index (χ2v) is 5.13. The number of halogens is 5. The first-order valence-electron chi connectivity index (χ1n) is 3.84. The maximum atomic E-state index is 12.4. The van der Waals surface area contributed by atoms with Crippen molar-refractivity contribution < 1.29 is 18.4 Å². The maximum Gasteiger partial charge on any atom is 0.332 e. The van der Waals surface area contributed by atoms with E-state index in [1.807, 2.05) is 0 Å². The van der Waals surface area contributed by atoms with Crippen LogP contribution >= 0.6 is 34.8 Å². The van der Waals surface area contributed by atoms with Gasteiger partial charge in [-0.3, -0.25) is 9.59 Å². The lowest BCUT2D eigenvalue weighted by Crippen LogP contribution is -2.05. The Hall–Kier alpha value is -0.710. The van der Waals surface area contributed by atoms with Crippen LogP contribution in [0.4, 0.5) is 8.78 Å². The smallest absolute Gasteiger partial charge is 0.255 e. The molecule has 0 aliphatic heterocycles. The fourth-order valence-electron chi connectivity index (χ4n) is 1.02. The Balaban J connectivity index is 3.42. The fraction of sp³-hybridized carbons (Fsp3) is 0.111. The highest BCUT2D eigenvalue weighted by Gasteiger charge is 2.26. The molecule has 0 unspecified atom stereocenters. The summed E-state index contributed by atoms with van der Waals surface area (Å²) in [5, 5.41) is 0. The van der Waals surface area contributed by atoms with Gasteiger partial charge in [0.25, 0.3) is 0 Å². The predicted molar refractivity (Wildman–Crippen MR) is 56.6 cm³/mol. The number of carbonyl (C=O) groups excluding carboxylic acids is 2. The van der Waals surface area contributed by atoms with Gasteiger partial charge in [-0.1, -0.05) is 34.8 Å². The molecule has 0 fully saturated rings. The van der Waals surface area contributed by atoms with Gasteiger partial charge in [0, 0.05) is 5.56 Å². The van der Waals surface area contributed by atoms with E-state index in [9.17, 15) is 18.4 Å². The van der Waals surface area contributed by atoms with E-state index in [1.165, 1.54) is 0 Å². The van der Waals surface area contributed by atoms with Crippen molar-refractivity contribution in [2.24, 2.45) is 0 Å². The third-order valence-electron chi connectivity index (χ3n) is 1.71. The summed E-state index contributed by atoms with van der Waals surface area (Å²) in [7, 11) is 0. The number of carbonyl (C=O) groups is 2. The SMILES string of the molecule is O=C(F)c1cc(C(=O)F)cc(C(Cl)(Cl)Cl)c1. The minimum atomic E-state index is -1.98. The van der Waals surface area contributed by atoms with E-state index < -0.39 is 27.0 Å². The minimum Gasteiger partial charge on any atom is -0.255 e. The van der Waals surface area contributed by atoms with Crippen molar-refractivity contribution in [3.8, 4) is 0 Å². The highest BCUT2D eigenvalue weighted by molar-refractivity contribution is 6.66. The average molecular weight is 287 g/mol. The van der Waals surface area contributed by atoms with Gasteiger partial charge in [0.2, 0.25) is 3.79 Å². The molecule has 0 amide bonds. The Bertz CT molecular complexity index is 422. The van der Waals surface area contributed by atoms with Gasteiger partial charge >= 0.3 is 12.1 Å². The lowest BCUT2D eigenvalue weighted by Gasteiger charge is -2.12. The van der Waals surface area contributed by atoms with Crippen molar-refractivity contribution in [2.75, 3.05) is 0 Å². The molecule has 1 aromatic carbocycles. The molecule has 0 saturated heterocycles.